The monoisotopic (exact) mass is 254 g/mol. The summed E-state index contributed by atoms with van der Waals surface area (Å²) in [6.07, 6.45) is 4.07. The van der Waals surface area contributed by atoms with Crippen molar-refractivity contribution in [2.75, 3.05) is 18.4 Å². The minimum atomic E-state index is -0.752. The number of halogens is 2. The summed E-state index contributed by atoms with van der Waals surface area (Å²) in [5.74, 6) is -1.50. The Bertz CT molecular complexity index is 409. The lowest BCUT2D eigenvalue weighted by Crippen LogP contribution is -2.36. The van der Waals surface area contributed by atoms with Crippen LogP contribution >= 0.6 is 0 Å². The number of benzene rings is 1. The van der Waals surface area contributed by atoms with E-state index < -0.39 is 17.7 Å². The van der Waals surface area contributed by atoms with Crippen molar-refractivity contribution < 1.29 is 13.6 Å². The lowest BCUT2D eigenvalue weighted by Gasteiger charge is -2.21. The lowest BCUT2D eigenvalue weighted by molar-refractivity contribution is 0.213. The van der Waals surface area contributed by atoms with E-state index in [0.29, 0.717) is 13.1 Å². The number of nitrogens with one attached hydrogen (secondary N) is 1. The van der Waals surface area contributed by atoms with E-state index >= 15 is 0 Å². The molecule has 0 atom stereocenters. The van der Waals surface area contributed by atoms with E-state index in [9.17, 15) is 13.6 Å². The zero-order chi connectivity index (χ0) is 13.0. The number of para-hydroxylation sites is 1. The Balaban J connectivity index is 2.06. The largest absolute Gasteiger partial charge is 0.325 e. The molecule has 1 fully saturated rings. The van der Waals surface area contributed by atoms with Gasteiger partial charge in [0.2, 0.25) is 0 Å². The van der Waals surface area contributed by atoms with Gasteiger partial charge in [-0.15, -0.1) is 0 Å². The summed E-state index contributed by atoms with van der Waals surface area (Å²) < 4.78 is 26.8. The quantitative estimate of drug-likeness (QED) is 0.818. The molecule has 0 saturated carbocycles. The molecule has 18 heavy (non-hydrogen) atoms. The number of urea groups is 1. The van der Waals surface area contributed by atoms with Gasteiger partial charge in [0, 0.05) is 13.1 Å². The van der Waals surface area contributed by atoms with E-state index in [1.165, 1.54) is 6.07 Å². The van der Waals surface area contributed by atoms with Gasteiger partial charge in [0.05, 0.1) is 0 Å². The predicted octanol–water partition coefficient (Wildman–Crippen LogP) is 3.37. The minimum absolute atomic E-state index is 0.369. The summed E-state index contributed by atoms with van der Waals surface area (Å²) in [5, 5.41) is 2.31. The molecule has 98 valence electrons. The van der Waals surface area contributed by atoms with Crippen LogP contribution in [0.2, 0.25) is 0 Å². The van der Waals surface area contributed by atoms with Crippen LogP contribution in [-0.4, -0.2) is 24.0 Å². The highest BCUT2D eigenvalue weighted by Crippen LogP contribution is 2.19. The molecule has 2 rings (SSSR count). The molecular weight excluding hydrogens is 238 g/mol. The van der Waals surface area contributed by atoms with Gasteiger partial charge in [-0.1, -0.05) is 18.9 Å². The van der Waals surface area contributed by atoms with Crippen LogP contribution < -0.4 is 5.32 Å². The first-order valence-corrected chi connectivity index (χ1v) is 6.18. The summed E-state index contributed by atoms with van der Waals surface area (Å²) in [4.78, 5) is 13.5. The second kappa shape index (κ2) is 5.80. The molecule has 0 radical (unpaired) electrons. The van der Waals surface area contributed by atoms with Gasteiger partial charge in [-0.25, -0.2) is 13.6 Å². The zero-order valence-electron chi connectivity index (χ0n) is 10.1. The SMILES string of the molecule is O=C(Nc1c(F)cccc1F)N1CCCCCC1. The molecule has 3 nitrogen and oxygen atoms in total. The van der Waals surface area contributed by atoms with Crippen LogP contribution in [-0.2, 0) is 0 Å². The van der Waals surface area contributed by atoms with Crippen molar-refractivity contribution in [3.8, 4) is 0 Å². The van der Waals surface area contributed by atoms with Crippen molar-refractivity contribution in [2.24, 2.45) is 0 Å². The van der Waals surface area contributed by atoms with Gasteiger partial charge >= 0.3 is 6.03 Å². The highest BCUT2D eigenvalue weighted by molar-refractivity contribution is 5.89. The molecule has 1 aliphatic heterocycles. The third-order valence-electron chi connectivity index (χ3n) is 3.09. The number of nitrogens with zero attached hydrogens (tertiary/aromatic N) is 1. The Morgan fingerprint density at radius 3 is 2.17 bits per heavy atom. The van der Waals surface area contributed by atoms with Crippen LogP contribution in [0.4, 0.5) is 19.3 Å². The van der Waals surface area contributed by atoms with E-state index in [1.807, 2.05) is 0 Å². The molecule has 0 unspecified atom stereocenters. The van der Waals surface area contributed by atoms with Crippen molar-refractivity contribution in [2.45, 2.75) is 25.7 Å². The average molecular weight is 254 g/mol. The van der Waals surface area contributed by atoms with Crippen molar-refractivity contribution >= 4 is 11.7 Å². The van der Waals surface area contributed by atoms with Gasteiger partial charge in [0.25, 0.3) is 0 Å². The van der Waals surface area contributed by atoms with Crippen LogP contribution in [0.25, 0.3) is 0 Å². The molecule has 0 spiro atoms. The van der Waals surface area contributed by atoms with Crippen molar-refractivity contribution in [1.29, 1.82) is 0 Å². The maximum Gasteiger partial charge on any atom is 0.322 e. The number of carbonyl (C=O) groups excluding carboxylic acids is 1. The second-order valence-electron chi connectivity index (χ2n) is 4.43. The molecule has 1 aromatic rings. The Labute approximate surface area is 105 Å². The number of rotatable bonds is 1. The lowest BCUT2D eigenvalue weighted by atomic mass is 10.2. The van der Waals surface area contributed by atoms with Crippen LogP contribution in [0.5, 0.6) is 0 Å². The standard InChI is InChI=1S/C13H16F2N2O/c14-10-6-5-7-11(15)12(10)16-13(18)17-8-3-1-2-4-9-17/h5-7H,1-4,8-9H2,(H,16,18). The van der Waals surface area contributed by atoms with E-state index in [1.54, 1.807) is 4.90 Å². The molecule has 2 amide bonds. The molecule has 1 heterocycles. The summed E-state index contributed by atoms with van der Waals surface area (Å²) in [6, 6.07) is 3.09. The first-order valence-electron chi connectivity index (χ1n) is 6.18. The number of amides is 2. The molecule has 5 heteroatoms. The molecule has 1 saturated heterocycles. The van der Waals surface area contributed by atoms with Crippen LogP contribution in [0, 0.1) is 11.6 Å². The molecule has 1 N–H and O–H groups in total. The maximum absolute atomic E-state index is 13.4. The minimum Gasteiger partial charge on any atom is -0.325 e. The fourth-order valence-corrected chi connectivity index (χ4v) is 2.08. The molecular formula is C13H16F2N2O. The fourth-order valence-electron chi connectivity index (χ4n) is 2.08. The third-order valence-corrected chi connectivity index (χ3v) is 3.09. The summed E-state index contributed by atoms with van der Waals surface area (Å²) in [5.41, 5.74) is -0.369. The van der Waals surface area contributed by atoms with Gasteiger partial charge in [-0.2, -0.15) is 0 Å². The second-order valence-corrected chi connectivity index (χ2v) is 4.43. The normalized spacial score (nSPS) is 16.2. The Morgan fingerprint density at radius 2 is 1.61 bits per heavy atom. The van der Waals surface area contributed by atoms with E-state index in [2.05, 4.69) is 5.32 Å². The van der Waals surface area contributed by atoms with Crippen LogP contribution in [0.1, 0.15) is 25.7 Å². The topological polar surface area (TPSA) is 32.3 Å². The predicted molar refractivity (Wildman–Crippen MR) is 65.4 cm³/mol. The number of hydrogen-bond acceptors (Lipinski definition) is 1. The van der Waals surface area contributed by atoms with E-state index in [-0.39, 0.29) is 5.69 Å². The van der Waals surface area contributed by atoms with Gasteiger partial charge in [0.1, 0.15) is 17.3 Å². The van der Waals surface area contributed by atoms with Gasteiger partial charge in [0.15, 0.2) is 0 Å². The van der Waals surface area contributed by atoms with Crippen LogP contribution in [0.15, 0.2) is 18.2 Å². The van der Waals surface area contributed by atoms with Crippen LogP contribution in [0.3, 0.4) is 0 Å². The zero-order valence-corrected chi connectivity index (χ0v) is 10.1. The van der Waals surface area contributed by atoms with Gasteiger partial charge in [-0.3, -0.25) is 0 Å². The Morgan fingerprint density at radius 1 is 1.06 bits per heavy atom. The van der Waals surface area contributed by atoms with E-state index in [4.69, 9.17) is 0 Å². The molecule has 0 aromatic heterocycles. The smallest absolute Gasteiger partial charge is 0.322 e. The number of hydrogen-bond donors (Lipinski definition) is 1. The highest BCUT2D eigenvalue weighted by Gasteiger charge is 2.18. The Hall–Kier alpha value is -1.65. The number of anilines is 1. The number of likely N-dealkylation sites (tertiary alicyclic amines) is 1. The van der Waals surface area contributed by atoms with E-state index in [0.717, 1.165) is 37.8 Å². The Kier molecular flexibility index (Phi) is 4.12. The molecule has 1 aromatic carbocycles. The number of carbonyl (C=O) groups is 1. The summed E-state index contributed by atoms with van der Waals surface area (Å²) >= 11 is 0. The fraction of sp³-hybridized carbons (Fsp3) is 0.462. The highest BCUT2D eigenvalue weighted by atomic mass is 19.1. The van der Waals surface area contributed by atoms with Crippen molar-refractivity contribution in [3.05, 3.63) is 29.8 Å². The van der Waals surface area contributed by atoms with Gasteiger partial charge < -0.3 is 10.2 Å². The van der Waals surface area contributed by atoms with Crippen molar-refractivity contribution in [1.82, 2.24) is 4.90 Å². The van der Waals surface area contributed by atoms with Gasteiger partial charge in [-0.05, 0) is 25.0 Å². The molecule has 0 aliphatic carbocycles. The first kappa shape index (κ1) is 12.8. The third kappa shape index (κ3) is 2.97. The average Bonchev–Trinajstić information content (AvgIpc) is 2.62. The molecule has 1 aliphatic rings. The summed E-state index contributed by atoms with van der Waals surface area (Å²) in [7, 11) is 0. The van der Waals surface area contributed by atoms with Crippen molar-refractivity contribution in [3.63, 3.8) is 0 Å². The summed E-state index contributed by atoms with van der Waals surface area (Å²) in [6.45, 7) is 1.28. The maximum atomic E-state index is 13.4. The molecule has 0 bridgehead atoms. The first-order chi connectivity index (χ1) is 8.68.